The summed E-state index contributed by atoms with van der Waals surface area (Å²) < 4.78 is 11.0. The van der Waals surface area contributed by atoms with Gasteiger partial charge in [-0.3, -0.25) is 4.79 Å². The van der Waals surface area contributed by atoms with E-state index in [0.29, 0.717) is 17.2 Å². The number of nitrogens with zero attached hydrogens (tertiary/aromatic N) is 1. The van der Waals surface area contributed by atoms with Crippen molar-refractivity contribution >= 4 is 69.7 Å². The molecule has 1 rings (SSSR count). The van der Waals surface area contributed by atoms with Crippen molar-refractivity contribution < 1.29 is 19.4 Å². The van der Waals surface area contributed by atoms with Crippen LogP contribution in [-0.2, 0) is 14.3 Å². The highest BCUT2D eigenvalue weighted by atomic mass is 79.9. The van der Waals surface area contributed by atoms with E-state index in [0.717, 1.165) is 13.1 Å². The van der Waals surface area contributed by atoms with Crippen LogP contribution in [0.5, 0.6) is 0 Å². The first-order valence-corrected chi connectivity index (χ1v) is 11.7. The van der Waals surface area contributed by atoms with Crippen LogP contribution in [0.3, 0.4) is 0 Å². The zero-order chi connectivity index (χ0) is 17.2. The van der Waals surface area contributed by atoms with Gasteiger partial charge in [0.15, 0.2) is 6.29 Å². The van der Waals surface area contributed by atoms with Gasteiger partial charge in [-0.05, 0) is 25.9 Å². The summed E-state index contributed by atoms with van der Waals surface area (Å²) in [7, 11) is 0. The SMILES string of the molecule is O=C(OCC(CN1CCCCC1)OC(O)C(Br)CBr)C(Br)CBr. The van der Waals surface area contributed by atoms with Gasteiger partial charge in [0.05, 0.1) is 4.83 Å². The molecule has 0 saturated carbocycles. The average Bonchev–Trinajstić information content (AvgIpc) is 2.58. The van der Waals surface area contributed by atoms with Gasteiger partial charge < -0.3 is 19.5 Å². The number of carbonyl (C=O) groups is 1. The number of ether oxygens (including phenoxy) is 2. The molecule has 1 N–H and O–H groups in total. The second kappa shape index (κ2) is 12.6. The smallest absolute Gasteiger partial charge is 0.320 e. The minimum atomic E-state index is -0.959. The van der Waals surface area contributed by atoms with Crippen LogP contribution in [0.4, 0.5) is 0 Å². The standard InChI is InChI=1S/C14H23Br4NO4/c15-6-11(17)13(20)22-9-10(23-14(21)12(18)7-16)8-19-4-2-1-3-5-19/h10-12,14,21H,1-9H2. The predicted molar refractivity (Wildman–Crippen MR) is 105 cm³/mol. The normalized spacial score (nSPS) is 21.4. The van der Waals surface area contributed by atoms with Gasteiger partial charge in [0, 0.05) is 17.2 Å². The van der Waals surface area contributed by atoms with Gasteiger partial charge in [0.2, 0.25) is 0 Å². The number of rotatable bonds is 10. The fourth-order valence-electron chi connectivity index (χ4n) is 2.25. The third kappa shape index (κ3) is 8.96. The Kier molecular flexibility index (Phi) is 12.2. The highest BCUT2D eigenvalue weighted by molar-refractivity contribution is 9.12. The molecule has 0 radical (unpaired) electrons. The highest BCUT2D eigenvalue weighted by Gasteiger charge is 2.25. The Hall–Kier alpha value is 1.27. The molecule has 9 heteroatoms. The molecule has 0 aromatic carbocycles. The molecule has 4 unspecified atom stereocenters. The molecule has 0 amide bonds. The number of halogens is 4. The maximum atomic E-state index is 11.8. The topological polar surface area (TPSA) is 59.0 Å². The van der Waals surface area contributed by atoms with E-state index in [-0.39, 0.29) is 28.3 Å². The van der Waals surface area contributed by atoms with E-state index < -0.39 is 6.29 Å². The van der Waals surface area contributed by atoms with E-state index in [1.807, 2.05) is 0 Å². The van der Waals surface area contributed by atoms with Crippen LogP contribution in [0.1, 0.15) is 19.3 Å². The lowest BCUT2D eigenvalue weighted by molar-refractivity contribution is -0.167. The minimum Gasteiger partial charge on any atom is -0.462 e. The highest BCUT2D eigenvalue weighted by Crippen LogP contribution is 2.16. The molecule has 0 aromatic rings. The van der Waals surface area contributed by atoms with Gasteiger partial charge in [-0.25, -0.2) is 0 Å². The molecule has 5 nitrogen and oxygen atoms in total. The molecule has 136 valence electrons. The van der Waals surface area contributed by atoms with E-state index >= 15 is 0 Å². The molecule has 1 fully saturated rings. The van der Waals surface area contributed by atoms with E-state index in [2.05, 4.69) is 68.6 Å². The molecular formula is C14H23Br4NO4. The lowest BCUT2D eigenvalue weighted by Gasteiger charge is -2.31. The molecule has 0 bridgehead atoms. The van der Waals surface area contributed by atoms with Crippen LogP contribution < -0.4 is 0 Å². The van der Waals surface area contributed by atoms with Crippen LogP contribution in [0.2, 0.25) is 0 Å². The van der Waals surface area contributed by atoms with Crippen molar-refractivity contribution in [3.05, 3.63) is 0 Å². The first kappa shape index (κ1) is 22.3. The third-order valence-corrected chi connectivity index (χ3v) is 8.06. The van der Waals surface area contributed by atoms with Crippen LogP contribution >= 0.6 is 63.7 Å². The van der Waals surface area contributed by atoms with Crippen molar-refractivity contribution in [3.63, 3.8) is 0 Å². The van der Waals surface area contributed by atoms with E-state index in [1.54, 1.807) is 0 Å². The van der Waals surface area contributed by atoms with Crippen LogP contribution in [-0.4, -0.2) is 74.9 Å². The predicted octanol–water partition coefficient (Wildman–Crippen LogP) is 3.04. The average molecular weight is 589 g/mol. The number of hydrogen-bond donors (Lipinski definition) is 1. The van der Waals surface area contributed by atoms with Crippen molar-refractivity contribution in [3.8, 4) is 0 Å². The number of alkyl halides is 4. The van der Waals surface area contributed by atoms with Gasteiger partial charge in [-0.15, -0.1) is 0 Å². The molecule has 0 spiro atoms. The number of carbonyl (C=O) groups excluding carboxylic acids is 1. The van der Waals surface area contributed by atoms with Crippen LogP contribution in [0.25, 0.3) is 0 Å². The van der Waals surface area contributed by atoms with Gasteiger partial charge in [-0.2, -0.15) is 0 Å². The number of aliphatic hydroxyl groups excluding tert-OH is 1. The van der Waals surface area contributed by atoms with E-state index in [4.69, 9.17) is 9.47 Å². The van der Waals surface area contributed by atoms with Gasteiger partial charge in [0.1, 0.15) is 17.5 Å². The number of piperidine rings is 1. The van der Waals surface area contributed by atoms with Crippen molar-refractivity contribution in [2.75, 3.05) is 36.9 Å². The first-order valence-electron chi connectivity index (χ1n) is 7.60. The number of aliphatic hydroxyl groups is 1. The van der Waals surface area contributed by atoms with Gasteiger partial charge >= 0.3 is 5.97 Å². The number of hydrogen-bond acceptors (Lipinski definition) is 5. The quantitative estimate of drug-likeness (QED) is 0.242. The lowest BCUT2D eigenvalue weighted by atomic mass is 10.1. The Balaban J connectivity index is 2.54. The van der Waals surface area contributed by atoms with Gasteiger partial charge in [0.25, 0.3) is 0 Å². The van der Waals surface area contributed by atoms with Crippen molar-refractivity contribution in [2.24, 2.45) is 0 Å². The molecule has 0 aromatic heterocycles. The first-order chi connectivity index (χ1) is 11.0. The summed E-state index contributed by atoms with van der Waals surface area (Å²) in [4.78, 5) is 13.5. The van der Waals surface area contributed by atoms with Crippen LogP contribution in [0, 0.1) is 0 Å². The monoisotopic (exact) mass is 585 g/mol. The number of esters is 1. The zero-order valence-electron chi connectivity index (χ0n) is 12.8. The molecule has 1 heterocycles. The molecule has 1 aliphatic rings. The Bertz CT molecular complexity index is 341. The Morgan fingerprint density at radius 2 is 1.78 bits per heavy atom. The summed E-state index contributed by atoms with van der Waals surface area (Å²) in [6, 6.07) is 0. The molecular weight excluding hydrogens is 566 g/mol. The third-order valence-electron chi connectivity index (χ3n) is 3.50. The molecule has 1 aliphatic heterocycles. The van der Waals surface area contributed by atoms with Crippen molar-refractivity contribution in [1.82, 2.24) is 4.90 Å². The lowest BCUT2D eigenvalue weighted by Crippen LogP contribution is -2.43. The largest absolute Gasteiger partial charge is 0.462 e. The minimum absolute atomic E-state index is 0.128. The molecule has 1 saturated heterocycles. The summed E-state index contributed by atoms with van der Waals surface area (Å²) in [6.07, 6.45) is 2.28. The summed E-state index contributed by atoms with van der Waals surface area (Å²) in [5, 5.41) is 11.1. The Morgan fingerprint density at radius 3 is 2.35 bits per heavy atom. The second-order valence-electron chi connectivity index (χ2n) is 5.43. The van der Waals surface area contributed by atoms with Gasteiger partial charge in [-0.1, -0.05) is 70.1 Å². The summed E-state index contributed by atoms with van der Waals surface area (Å²) >= 11 is 13.1. The van der Waals surface area contributed by atoms with E-state index in [9.17, 15) is 9.90 Å². The Labute approximate surface area is 171 Å². The maximum absolute atomic E-state index is 11.8. The van der Waals surface area contributed by atoms with Crippen molar-refractivity contribution in [1.29, 1.82) is 0 Å². The summed E-state index contributed by atoms with van der Waals surface area (Å²) in [6.45, 7) is 2.81. The zero-order valence-corrected chi connectivity index (χ0v) is 19.1. The van der Waals surface area contributed by atoms with Crippen LogP contribution in [0.15, 0.2) is 0 Å². The maximum Gasteiger partial charge on any atom is 0.320 e. The fraction of sp³-hybridized carbons (Fsp3) is 0.929. The summed E-state index contributed by atoms with van der Waals surface area (Å²) in [5.41, 5.74) is 0. The molecule has 4 atom stereocenters. The second-order valence-corrected chi connectivity index (χ2v) is 9.01. The van der Waals surface area contributed by atoms with E-state index in [1.165, 1.54) is 19.3 Å². The number of likely N-dealkylation sites (tertiary alicyclic amines) is 1. The Morgan fingerprint density at radius 1 is 1.13 bits per heavy atom. The molecule has 23 heavy (non-hydrogen) atoms. The summed E-state index contributed by atoms with van der Waals surface area (Å²) in [5.74, 6) is -0.334. The van der Waals surface area contributed by atoms with Crippen molar-refractivity contribution in [2.45, 2.75) is 41.3 Å². The fourth-order valence-corrected chi connectivity index (χ4v) is 3.09. The molecule has 0 aliphatic carbocycles.